The number of nitrogens with zero attached hydrogens (tertiary/aromatic N) is 2. The molecule has 2 saturated heterocycles. The average molecular weight is 402 g/mol. The summed E-state index contributed by atoms with van der Waals surface area (Å²) in [5.41, 5.74) is 0. The van der Waals surface area contributed by atoms with Crippen molar-refractivity contribution in [2.45, 2.75) is 49.6 Å². The molecule has 1 amide bonds. The summed E-state index contributed by atoms with van der Waals surface area (Å²) < 4.78 is 32.4. The van der Waals surface area contributed by atoms with E-state index in [1.54, 1.807) is 6.07 Å². The Bertz CT molecular complexity index is 744. The summed E-state index contributed by atoms with van der Waals surface area (Å²) in [6, 6.07) is 2.97. The van der Waals surface area contributed by atoms with Crippen LogP contribution in [0.4, 0.5) is 0 Å². The van der Waals surface area contributed by atoms with Gasteiger partial charge in [0.25, 0.3) is 0 Å². The molecule has 1 N–H and O–H groups in total. The second kappa shape index (κ2) is 8.21. The monoisotopic (exact) mass is 401 g/mol. The zero-order valence-corrected chi connectivity index (χ0v) is 16.3. The first-order chi connectivity index (χ1) is 12.4. The van der Waals surface area contributed by atoms with E-state index in [9.17, 15) is 13.2 Å². The Labute approximate surface area is 159 Å². The minimum atomic E-state index is -3.69. The van der Waals surface area contributed by atoms with Gasteiger partial charge in [-0.05, 0) is 44.7 Å². The minimum absolute atomic E-state index is 0.0107. The first-order valence-corrected chi connectivity index (χ1v) is 10.7. The van der Waals surface area contributed by atoms with Crippen LogP contribution in [-0.2, 0) is 19.6 Å². The highest BCUT2D eigenvalue weighted by Gasteiger charge is 2.34. The lowest BCUT2D eigenvalue weighted by Crippen LogP contribution is -2.47. The highest BCUT2D eigenvalue weighted by molar-refractivity contribution is 7.89. The number of nitrogens with one attached hydrogen (secondary N) is 1. The Kier molecular flexibility index (Phi) is 6.17. The third-order valence-corrected chi connectivity index (χ3v) is 7.40. The van der Waals surface area contributed by atoms with Crippen LogP contribution in [-0.4, -0.2) is 55.5 Å². The number of hydrogen-bond donors (Lipinski definition) is 1. The van der Waals surface area contributed by atoms with Gasteiger partial charge in [-0.3, -0.25) is 4.79 Å². The van der Waals surface area contributed by atoms with E-state index in [1.807, 2.05) is 6.92 Å². The molecule has 3 rings (SSSR count). The number of aromatic nitrogens is 1. The van der Waals surface area contributed by atoms with E-state index in [0.29, 0.717) is 25.9 Å². The number of rotatable bonds is 5. The number of sulfonamides is 1. The molecule has 26 heavy (non-hydrogen) atoms. The Morgan fingerprint density at radius 3 is 2.73 bits per heavy atom. The smallest absolute Gasteiger partial charge is 0.246 e. The zero-order chi connectivity index (χ0) is 18.7. The quantitative estimate of drug-likeness (QED) is 0.760. The van der Waals surface area contributed by atoms with Crippen LogP contribution in [0.3, 0.4) is 0 Å². The first kappa shape index (κ1) is 19.5. The standard InChI is InChI=1S/C17H24ClN3O4S/c1-12(14-4-3-11-25-14)20-17(22)13-6-9-21(10-7-13)26(23,24)15-5-2-8-19-16(15)18/h2,5,8,12-14H,3-4,6-7,9-11H2,1H3,(H,20,22)/t12-,14+/m1/s1. The molecular weight excluding hydrogens is 378 g/mol. The SMILES string of the molecule is C[C@@H](NC(=O)C1CCN(S(=O)(=O)c2cccnc2Cl)CC1)[C@@H]1CCCO1. The number of ether oxygens (including phenoxy) is 1. The zero-order valence-electron chi connectivity index (χ0n) is 14.7. The fraction of sp³-hybridized carbons (Fsp3) is 0.647. The molecular formula is C17H24ClN3O4S. The summed E-state index contributed by atoms with van der Waals surface area (Å²) >= 11 is 5.93. The van der Waals surface area contributed by atoms with Crippen molar-refractivity contribution in [2.24, 2.45) is 5.92 Å². The van der Waals surface area contributed by atoms with Crippen molar-refractivity contribution in [1.29, 1.82) is 0 Å². The Balaban J connectivity index is 1.57. The molecule has 0 unspecified atom stereocenters. The summed E-state index contributed by atoms with van der Waals surface area (Å²) in [7, 11) is -3.69. The van der Waals surface area contributed by atoms with Gasteiger partial charge in [0.1, 0.15) is 10.0 Å². The normalized spacial score (nSPS) is 23.7. The van der Waals surface area contributed by atoms with E-state index in [-0.39, 0.29) is 34.0 Å². The number of halogens is 1. The summed E-state index contributed by atoms with van der Waals surface area (Å²) in [4.78, 5) is 16.3. The average Bonchev–Trinajstić information content (AvgIpc) is 3.17. The number of hydrogen-bond acceptors (Lipinski definition) is 5. The molecule has 144 valence electrons. The van der Waals surface area contributed by atoms with Crippen LogP contribution in [0.5, 0.6) is 0 Å². The molecule has 2 aliphatic heterocycles. The number of amides is 1. The van der Waals surface area contributed by atoms with Gasteiger partial charge in [0.2, 0.25) is 15.9 Å². The third-order valence-electron chi connectivity index (χ3n) is 5.06. The predicted molar refractivity (Wildman–Crippen MR) is 97.3 cm³/mol. The van der Waals surface area contributed by atoms with Gasteiger partial charge < -0.3 is 10.1 Å². The Morgan fingerprint density at radius 1 is 1.38 bits per heavy atom. The van der Waals surface area contributed by atoms with Crippen LogP contribution in [0, 0.1) is 5.92 Å². The van der Waals surface area contributed by atoms with E-state index < -0.39 is 10.0 Å². The van der Waals surface area contributed by atoms with Gasteiger partial charge >= 0.3 is 0 Å². The summed E-state index contributed by atoms with van der Waals surface area (Å²) in [5.74, 6) is -0.209. The summed E-state index contributed by atoms with van der Waals surface area (Å²) in [6.45, 7) is 3.29. The fourth-order valence-electron chi connectivity index (χ4n) is 3.49. The molecule has 2 atom stereocenters. The molecule has 2 fully saturated rings. The molecule has 0 bridgehead atoms. The van der Waals surface area contributed by atoms with E-state index in [0.717, 1.165) is 19.4 Å². The molecule has 0 spiro atoms. The van der Waals surface area contributed by atoms with E-state index >= 15 is 0 Å². The number of carbonyl (C=O) groups is 1. The molecule has 0 radical (unpaired) electrons. The minimum Gasteiger partial charge on any atom is -0.376 e. The van der Waals surface area contributed by atoms with Crippen molar-refractivity contribution in [3.8, 4) is 0 Å². The molecule has 9 heteroatoms. The van der Waals surface area contributed by atoms with Crippen molar-refractivity contribution in [1.82, 2.24) is 14.6 Å². The second-order valence-electron chi connectivity index (χ2n) is 6.82. The molecule has 0 aromatic carbocycles. The lowest BCUT2D eigenvalue weighted by molar-refractivity contribution is -0.127. The van der Waals surface area contributed by atoms with Gasteiger partial charge in [-0.25, -0.2) is 13.4 Å². The van der Waals surface area contributed by atoms with Crippen molar-refractivity contribution < 1.29 is 17.9 Å². The fourth-order valence-corrected chi connectivity index (χ4v) is 5.39. The topological polar surface area (TPSA) is 88.6 Å². The van der Waals surface area contributed by atoms with Crippen LogP contribution in [0.25, 0.3) is 0 Å². The van der Waals surface area contributed by atoms with Gasteiger partial charge in [-0.1, -0.05) is 11.6 Å². The lowest BCUT2D eigenvalue weighted by atomic mass is 9.96. The maximum absolute atomic E-state index is 12.7. The largest absolute Gasteiger partial charge is 0.376 e. The first-order valence-electron chi connectivity index (χ1n) is 8.92. The van der Waals surface area contributed by atoms with E-state index in [2.05, 4.69) is 10.3 Å². The van der Waals surface area contributed by atoms with Gasteiger partial charge in [0.15, 0.2) is 0 Å². The molecule has 0 aliphatic carbocycles. The van der Waals surface area contributed by atoms with Crippen molar-refractivity contribution in [3.63, 3.8) is 0 Å². The Hall–Kier alpha value is -1.22. The number of pyridine rings is 1. The molecule has 7 nitrogen and oxygen atoms in total. The van der Waals surface area contributed by atoms with Crippen molar-refractivity contribution >= 4 is 27.5 Å². The van der Waals surface area contributed by atoms with Crippen LogP contribution in [0.2, 0.25) is 5.15 Å². The van der Waals surface area contributed by atoms with E-state index in [4.69, 9.17) is 16.3 Å². The molecule has 2 aliphatic rings. The van der Waals surface area contributed by atoms with Gasteiger partial charge in [0.05, 0.1) is 12.1 Å². The highest BCUT2D eigenvalue weighted by Crippen LogP contribution is 2.27. The van der Waals surface area contributed by atoms with Crippen LogP contribution in [0.1, 0.15) is 32.6 Å². The molecule has 1 aromatic rings. The predicted octanol–water partition coefficient (Wildman–Crippen LogP) is 1.82. The number of carbonyl (C=O) groups excluding carboxylic acids is 1. The molecule has 1 aromatic heterocycles. The maximum Gasteiger partial charge on any atom is 0.246 e. The summed E-state index contributed by atoms with van der Waals surface area (Å²) in [5, 5.41) is 2.99. The van der Waals surface area contributed by atoms with Gasteiger partial charge in [-0.2, -0.15) is 4.31 Å². The van der Waals surface area contributed by atoms with Crippen molar-refractivity contribution in [2.75, 3.05) is 19.7 Å². The van der Waals surface area contributed by atoms with Crippen molar-refractivity contribution in [3.05, 3.63) is 23.5 Å². The number of piperidine rings is 1. The van der Waals surface area contributed by atoms with Gasteiger partial charge in [0, 0.05) is 31.8 Å². The van der Waals surface area contributed by atoms with Crippen LogP contribution < -0.4 is 5.32 Å². The highest BCUT2D eigenvalue weighted by atomic mass is 35.5. The van der Waals surface area contributed by atoms with Crippen LogP contribution >= 0.6 is 11.6 Å². The second-order valence-corrected chi connectivity index (χ2v) is 9.08. The van der Waals surface area contributed by atoms with E-state index in [1.165, 1.54) is 16.6 Å². The van der Waals surface area contributed by atoms with Crippen LogP contribution in [0.15, 0.2) is 23.2 Å². The molecule has 0 saturated carbocycles. The molecule has 3 heterocycles. The summed E-state index contributed by atoms with van der Waals surface area (Å²) in [6.07, 6.45) is 4.49. The maximum atomic E-state index is 12.7. The third kappa shape index (κ3) is 4.19. The van der Waals surface area contributed by atoms with Gasteiger partial charge in [-0.15, -0.1) is 0 Å². The Morgan fingerprint density at radius 2 is 2.12 bits per heavy atom. The lowest BCUT2D eigenvalue weighted by Gasteiger charge is -2.31.